The molecule has 4 N–H and O–H groups in total. The molecule has 6 rings (SSSR count). The smallest absolute Gasteiger partial charge is 0.408 e. The van der Waals surface area contributed by atoms with E-state index in [9.17, 15) is 29.1 Å². The molecule has 0 bridgehead atoms. The summed E-state index contributed by atoms with van der Waals surface area (Å²) in [5.74, 6) is -2.20. The predicted octanol–water partition coefficient (Wildman–Crippen LogP) is 6.91. The quantitative estimate of drug-likeness (QED) is 0.132. The van der Waals surface area contributed by atoms with Crippen molar-refractivity contribution in [3.05, 3.63) is 46.8 Å². The van der Waals surface area contributed by atoms with Gasteiger partial charge in [-0.05, 0) is 71.6 Å². The molecule has 4 amide bonds. The maximum Gasteiger partial charge on any atom is 0.408 e. The van der Waals surface area contributed by atoms with E-state index in [1.54, 1.807) is 19.2 Å². The van der Waals surface area contributed by atoms with Gasteiger partial charge in [0.25, 0.3) is 0 Å². The number of carboxylic acid groups (broad SMARTS) is 1. The van der Waals surface area contributed by atoms with Gasteiger partial charge in [-0.25, -0.2) is 14.6 Å². The number of fused-ring (bicyclic) bond motifs is 1. The molecule has 3 aliphatic rings. The lowest BCUT2D eigenvalue weighted by Gasteiger charge is -2.35. The molecule has 1 aliphatic heterocycles. The number of likely N-dealkylation sites (tertiary alicyclic amines) is 1. The summed E-state index contributed by atoms with van der Waals surface area (Å²) in [5.41, 5.74) is -0.530. The normalized spacial score (nSPS) is 22.5. The van der Waals surface area contributed by atoms with Gasteiger partial charge in [0.2, 0.25) is 17.7 Å². The van der Waals surface area contributed by atoms with E-state index < -0.39 is 58.9 Å². The molecule has 2 saturated carbocycles. The SMILES string of the molecule is C=C[C@@H]1C[C@]1(NC(=O)[C@@H]1C[C@@H](Oc2cc(-c3csc(NC(=O)C(C)C)c3)nc3c(Br)c(OC)ccc23)CN1C(=O)[C@@H](NC(=O)OC1CCCC1)C(C)(C)C)C(=O)O. The molecule has 1 aromatic carbocycles. The van der Waals surface area contributed by atoms with Gasteiger partial charge in [0.15, 0.2) is 0 Å². The minimum Gasteiger partial charge on any atom is -0.495 e. The zero-order valence-electron chi connectivity index (χ0n) is 33.0. The molecular weight excluding hydrogens is 818 g/mol. The molecule has 57 heavy (non-hydrogen) atoms. The fourth-order valence-corrected chi connectivity index (χ4v) is 8.80. The van der Waals surface area contributed by atoms with E-state index in [1.165, 1.54) is 22.3 Å². The van der Waals surface area contributed by atoms with Gasteiger partial charge in [-0.15, -0.1) is 17.9 Å². The number of alkyl carbamates (subject to hydrolysis) is 1. The number of carbonyl (C=O) groups excluding carboxylic acids is 4. The number of halogens is 1. The maximum atomic E-state index is 14.6. The number of ether oxygens (including phenoxy) is 3. The van der Waals surface area contributed by atoms with Gasteiger partial charge in [0.05, 0.1) is 34.3 Å². The number of hydrogen-bond donors (Lipinski definition) is 4. The van der Waals surface area contributed by atoms with Gasteiger partial charge >= 0.3 is 12.1 Å². The van der Waals surface area contributed by atoms with Crippen LogP contribution in [-0.2, 0) is 23.9 Å². The Morgan fingerprint density at radius 3 is 2.44 bits per heavy atom. The summed E-state index contributed by atoms with van der Waals surface area (Å²) >= 11 is 5.00. The van der Waals surface area contributed by atoms with Crippen molar-refractivity contribution in [1.82, 2.24) is 20.5 Å². The van der Waals surface area contributed by atoms with Gasteiger partial charge in [-0.3, -0.25) is 14.4 Å². The van der Waals surface area contributed by atoms with Crippen LogP contribution >= 0.6 is 27.3 Å². The van der Waals surface area contributed by atoms with Crippen LogP contribution < -0.4 is 25.4 Å². The molecule has 306 valence electrons. The fourth-order valence-electron chi connectivity index (χ4n) is 7.41. The van der Waals surface area contributed by atoms with Crippen LogP contribution in [0.15, 0.2) is 46.8 Å². The third kappa shape index (κ3) is 8.91. The number of carbonyl (C=O) groups is 5. The second-order valence-corrected chi connectivity index (χ2v) is 18.1. The molecule has 16 heteroatoms. The van der Waals surface area contributed by atoms with Crippen LogP contribution in [0.4, 0.5) is 9.80 Å². The number of carboxylic acids is 1. The molecule has 0 unspecified atom stereocenters. The van der Waals surface area contributed by atoms with Crippen molar-refractivity contribution < 1.29 is 43.3 Å². The van der Waals surface area contributed by atoms with Crippen LogP contribution in [0.3, 0.4) is 0 Å². The highest BCUT2D eigenvalue weighted by molar-refractivity contribution is 9.10. The summed E-state index contributed by atoms with van der Waals surface area (Å²) < 4.78 is 18.5. The Hall–Kier alpha value is -4.70. The molecule has 2 aliphatic carbocycles. The maximum absolute atomic E-state index is 14.6. The summed E-state index contributed by atoms with van der Waals surface area (Å²) in [6.45, 7) is 12.7. The van der Waals surface area contributed by atoms with Crippen LogP contribution in [0.2, 0.25) is 0 Å². The van der Waals surface area contributed by atoms with E-state index in [0.717, 1.165) is 31.2 Å². The van der Waals surface area contributed by atoms with Gasteiger partial charge in [0.1, 0.15) is 41.3 Å². The van der Waals surface area contributed by atoms with Gasteiger partial charge in [-0.1, -0.05) is 40.7 Å². The Morgan fingerprint density at radius 1 is 1.11 bits per heavy atom. The number of aliphatic carboxylic acids is 1. The van der Waals surface area contributed by atoms with Crippen molar-refractivity contribution in [2.45, 2.75) is 103 Å². The van der Waals surface area contributed by atoms with Crippen LogP contribution in [0, 0.1) is 17.3 Å². The third-order valence-electron chi connectivity index (χ3n) is 10.9. The van der Waals surface area contributed by atoms with Crippen molar-refractivity contribution in [3.8, 4) is 22.8 Å². The molecule has 2 aromatic heterocycles. The second kappa shape index (κ2) is 16.6. The standard InChI is InChI=1S/C41H50BrN5O9S/c1-8-23-18-41(23,38(51)52)46-36(49)28-16-25(19-47(28)37(50)34(40(4,5)6)45-39(53)56-24-11-9-10-12-24)55-30-17-27(22-15-31(57-20-22)44-35(48)21(2)3)43-33-26(30)13-14-29(54-7)32(33)42/h8,13-15,17,20-21,23-25,28,34H,1,9-12,16,18-19H2,2-7H3,(H,44,48)(H,45,53)(H,46,49)(H,51,52)/t23-,25-,28+,34-,41-/m1/s1. The number of thiophene rings is 1. The molecule has 5 atom stereocenters. The number of methoxy groups -OCH3 is 1. The topological polar surface area (TPSA) is 185 Å². The average Bonchev–Trinajstić information content (AvgIpc) is 3.57. The monoisotopic (exact) mass is 867 g/mol. The second-order valence-electron chi connectivity index (χ2n) is 16.4. The fraction of sp³-hybridized carbons (Fsp3) is 0.512. The number of pyridine rings is 1. The van der Waals surface area contributed by atoms with E-state index in [-0.39, 0.29) is 37.3 Å². The number of benzene rings is 1. The first-order valence-corrected chi connectivity index (χ1v) is 20.8. The first kappa shape index (κ1) is 41.9. The first-order valence-electron chi connectivity index (χ1n) is 19.1. The first-order chi connectivity index (χ1) is 26.9. The third-order valence-corrected chi connectivity index (χ3v) is 12.5. The van der Waals surface area contributed by atoms with E-state index in [0.29, 0.717) is 37.6 Å². The molecule has 0 radical (unpaired) electrons. The van der Waals surface area contributed by atoms with Crippen molar-refractivity contribution in [2.24, 2.45) is 17.3 Å². The number of amides is 4. The Bertz CT molecular complexity index is 2080. The van der Waals surface area contributed by atoms with Gasteiger partial charge in [-0.2, -0.15) is 0 Å². The lowest BCUT2D eigenvalue weighted by atomic mass is 9.85. The Morgan fingerprint density at radius 2 is 1.82 bits per heavy atom. The van der Waals surface area contributed by atoms with Crippen LogP contribution in [0.25, 0.3) is 22.2 Å². The molecule has 0 spiro atoms. The number of hydrogen-bond acceptors (Lipinski definition) is 10. The number of rotatable bonds is 13. The lowest BCUT2D eigenvalue weighted by molar-refractivity contribution is -0.146. The van der Waals surface area contributed by atoms with Crippen molar-refractivity contribution in [1.29, 1.82) is 0 Å². The molecule has 14 nitrogen and oxygen atoms in total. The highest BCUT2D eigenvalue weighted by atomic mass is 79.9. The minimum atomic E-state index is -1.53. The van der Waals surface area contributed by atoms with E-state index in [4.69, 9.17) is 19.2 Å². The summed E-state index contributed by atoms with van der Waals surface area (Å²) in [6.07, 6.45) is 3.44. The van der Waals surface area contributed by atoms with Crippen molar-refractivity contribution in [3.63, 3.8) is 0 Å². The largest absolute Gasteiger partial charge is 0.495 e. The lowest BCUT2D eigenvalue weighted by Crippen LogP contribution is -2.59. The summed E-state index contributed by atoms with van der Waals surface area (Å²) in [5, 5.41) is 21.7. The van der Waals surface area contributed by atoms with Gasteiger partial charge in [0, 0.05) is 40.7 Å². The average molecular weight is 869 g/mol. The molecule has 3 heterocycles. The minimum absolute atomic E-state index is 0.0235. The van der Waals surface area contributed by atoms with Crippen LogP contribution in [0.1, 0.15) is 73.1 Å². The zero-order valence-corrected chi connectivity index (χ0v) is 35.4. The number of anilines is 1. The number of aromatic nitrogens is 1. The van der Waals surface area contributed by atoms with Crippen LogP contribution in [0.5, 0.6) is 11.5 Å². The molecule has 3 aromatic rings. The van der Waals surface area contributed by atoms with Gasteiger partial charge < -0.3 is 40.2 Å². The zero-order chi connectivity index (χ0) is 41.4. The van der Waals surface area contributed by atoms with E-state index >= 15 is 0 Å². The molecule has 3 fully saturated rings. The number of nitrogens with zero attached hydrogens (tertiary/aromatic N) is 2. The predicted molar refractivity (Wildman–Crippen MR) is 219 cm³/mol. The molecule has 1 saturated heterocycles. The molecular formula is C41H50BrN5O9S. The Labute approximate surface area is 344 Å². The Kier molecular flexibility index (Phi) is 12.2. The highest BCUT2D eigenvalue weighted by Gasteiger charge is 2.61. The number of nitrogens with one attached hydrogen (secondary N) is 3. The van der Waals surface area contributed by atoms with E-state index in [2.05, 4.69) is 38.5 Å². The summed E-state index contributed by atoms with van der Waals surface area (Å²) in [4.78, 5) is 73.1. The van der Waals surface area contributed by atoms with Crippen molar-refractivity contribution in [2.75, 3.05) is 19.0 Å². The summed E-state index contributed by atoms with van der Waals surface area (Å²) in [6, 6.07) is 4.96. The Balaban J connectivity index is 1.34. The van der Waals surface area contributed by atoms with Crippen molar-refractivity contribution >= 4 is 73.0 Å². The highest BCUT2D eigenvalue weighted by Crippen LogP contribution is 2.45. The summed E-state index contributed by atoms with van der Waals surface area (Å²) in [7, 11) is 1.55. The van der Waals surface area contributed by atoms with Crippen LogP contribution in [-0.4, -0.2) is 88.3 Å². The van der Waals surface area contributed by atoms with E-state index in [1.807, 2.05) is 52.1 Å².